The summed E-state index contributed by atoms with van der Waals surface area (Å²) in [5.74, 6) is -0.208. The minimum Gasteiger partial charge on any atom is -0.496 e. The molecule has 8 heteroatoms. The highest BCUT2D eigenvalue weighted by molar-refractivity contribution is 6.38. The molecule has 2 N–H and O–H groups in total. The van der Waals surface area contributed by atoms with Gasteiger partial charge in [-0.2, -0.15) is 0 Å². The van der Waals surface area contributed by atoms with Crippen LogP contribution in [-0.4, -0.2) is 59.9 Å². The number of ketones is 1. The summed E-state index contributed by atoms with van der Waals surface area (Å²) in [6.07, 6.45) is 7.35. The van der Waals surface area contributed by atoms with Crippen LogP contribution in [0.4, 0.5) is 4.79 Å². The van der Waals surface area contributed by atoms with Gasteiger partial charge in [-0.3, -0.25) is 9.59 Å². The van der Waals surface area contributed by atoms with Crippen molar-refractivity contribution in [1.29, 1.82) is 0 Å². The number of benzene rings is 2. The number of hydrogen-bond acceptors (Lipinski definition) is 5. The van der Waals surface area contributed by atoms with E-state index < -0.39 is 17.7 Å². The van der Waals surface area contributed by atoms with Gasteiger partial charge in [-0.1, -0.05) is 76.9 Å². The van der Waals surface area contributed by atoms with Crippen LogP contribution in [-0.2, 0) is 16.0 Å². The van der Waals surface area contributed by atoms with Gasteiger partial charge < -0.3 is 20.3 Å². The van der Waals surface area contributed by atoms with Crippen LogP contribution in [0.1, 0.15) is 78.2 Å². The maximum Gasteiger partial charge on any atom is 0.317 e. The van der Waals surface area contributed by atoms with Crippen molar-refractivity contribution >= 4 is 28.6 Å². The van der Waals surface area contributed by atoms with E-state index in [0.29, 0.717) is 6.42 Å². The first kappa shape index (κ1) is 33.6. The molecule has 2 fully saturated rings. The molecule has 1 atom stereocenters. The predicted molar refractivity (Wildman–Crippen MR) is 173 cm³/mol. The summed E-state index contributed by atoms with van der Waals surface area (Å²) in [6, 6.07) is 17.9. The molecule has 1 saturated heterocycles. The number of nitrogens with one attached hydrogen (secondary N) is 2. The number of methoxy groups -OCH3 is 1. The van der Waals surface area contributed by atoms with E-state index in [2.05, 4.69) is 47.9 Å². The Labute approximate surface area is 256 Å². The first-order valence-corrected chi connectivity index (χ1v) is 15.9. The number of urea groups is 1. The lowest BCUT2D eigenvalue weighted by atomic mass is 10.0. The highest BCUT2D eigenvalue weighted by Crippen LogP contribution is 2.30. The number of hydrogen-bond donors (Lipinski definition) is 2. The molecule has 1 aliphatic heterocycles. The molecular formula is C35H48N4O4. The van der Waals surface area contributed by atoms with Gasteiger partial charge in [0.15, 0.2) is 0 Å². The van der Waals surface area contributed by atoms with E-state index in [1.165, 1.54) is 5.56 Å². The number of ether oxygens (including phenoxy) is 1. The van der Waals surface area contributed by atoms with Crippen molar-refractivity contribution < 1.29 is 19.1 Å². The Kier molecular flexibility index (Phi) is 13.5. The standard InChI is InChI=1S/C19H19NO.C14H23N3O3.C2H6/c1-3-7-14-10-11-16-18(12-14)20-17(13-19(16)21-2)15-8-5-4-6-9-15;1-2-5-11(12(18)13(19)15-10-6-7-10)16-14(20)17-8-3-4-9-17;1-2/h4-6,8-13H,3,7H2,1-2H3;10-11H,2-9H2,1H3,(H,15,19)(H,16,20);1-2H3. The molecule has 2 heterocycles. The molecule has 3 aromatic rings. The van der Waals surface area contributed by atoms with Crippen molar-refractivity contribution in [2.75, 3.05) is 20.2 Å². The van der Waals surface area contributed by atoms with E-state index in [-0.39, 0.29) is 12.1 Å². The number of carbonyl (C=O) groups is 3. The lowest BCUT2D eigenvalue weighted by Gasteiger charge is -2.21. The van der Waals surface area contributed by atoms with Crippen LogP contribution in [0.25, 0.3) is 22.2 Å². The molecule has 1 aliphatic carbocycles. The fourth-order valence-electron chi connectivity index (χ4n) is 4.97. The topological polar surface area (TPSA) is 101 Å². The molecule has 5 rings (SSSR count). The van der Waals surface area contributed by atoms with Gasteiger partial charge in [-0.05, 0) is 56.2 Å². The number of aryl methyl sites for hydroxylation is 1. The number of likely N-dealkylation sites (tertiary alicyclic amines) is 1. The van der Waals surface area contributed by atoms with Gasteiger partial charge in [0.2, 0.25) is 5.78 Å². The van der Waals surface area contributed by atoms with Gasteiger partial charge in [0, 0.05) is 36.1 Å². The highest BCUT2D eigenvalue weighted by atomic mass is 16.5. The normalized spacial score (nSPS) is 14.5. The second-order valence-electron chi connectivity index (χ2n) is 10.8. The lowest BCUT2D eigenvalue weighted by molar-refractivity contribution is -0.139. The van der Waals surface area contributed by atoms with Crippen LogP contribution < -0.4 is 15.4 Å². The smallest absolute Gasteiger partial charge is 0.317 e. The Hall–Kier alpha value is -3.94. The second-order valence-corrected chi connectivity index (χ2v) is 10.8. The van der Waals surface area contributed by atoms with Gasteiger partial charge in [-0.25, -0.2) is 9.78 Å². The minimum absolute atomic E-state index is 0.156. The van der Waals surface area contributed by atoms with Crippen molar-refractivity contribution in [3.8, 4) is 17.0 Å². The predicted octanol–water partition coefficient (Wildman–Crippen LogP) is 6.70. The van der Waals surface area contributed by atoms with Gasteiger partial charge in [0.25, 0.3) is 5.91 Å². The fraction of sp³-hybridized carbons (Fsp3) is 0.486. The van der Waals surface area contributed by atoms with Crippen molar-refractivity contribution in [2.45, 2.75) is 91.1 Å². The average Bonchev–Trinajstić information content (AvgIpc) is 3.68. The van der Waals surface area contributed by atoms with Crippen LogP contribution >= 0.6 is 0 Å². The SMILES string of the molecule is CC.CCCC(NC(=O)N1CCCC1)C(=O)C(=O)NC1CC1.CCCc1ccc2c(OC)cc(-c3ccccc3)nc2c1. The number of carbonyl (C=O) groups excluding carboxylic acids is 3. The fourth-order valence-corrected chi connectivity index (χ4v) is 4.97. The molecule has 0 radical (unpaired) electrons. The summed E-state index contributed by atoms with van der Waals surface area (Å²) < 4.78 is 5.55. The number of nitrogens with zero attached hydrogens (tertiary/aromatic N) is 2. The summed E-state index contributed by atoms with van der Waals surface area (Å²) in [7, 11) is 1.71. The van der Waals surface area contributed by atoms with Crippen LogP contribution in [0.15, 0.2) is 54.6 Å². The number of amides is 3. The summed E-state index contributed by atoms with van der Waals surface area (Å²) in [5, 5.41) is 6.46. The van der Waals surface area contributed by atoms with E-state index in [4.69, 9.17) is 9.72 Å². The van der Waals surface area contributed by atoms with E-state index in [1.807, 2.05) is 45.0 Å². The molecule has 1 saturated carbocycles. The maximum absolute atomic E-state index is 12.1. The highest BCUT2D eigenvalue weighted by Gasteiger charge is 2.32. The van der Waals surface area contributed by atoms with Crippen molar-refractivity contribution in [3.05, 3.63) is 60.2 Å². The molecule has 8 nitrogen and oxygen atoms in total. The van der Waals surface area contributed by atoms with Crippen molar-refractivity contribution in [3.63, 3.8) is 0 Å². The first-order chi connectivity index (χ1) is 20.9. The van der Waals surface area contributed by atoms with E-state index in [9.17, 15) is 14.4 Å². The van der Waals surface area contributed by atoms with Crippen LogP contribution in [0.3, 0.4) is 0 Å². The zero-order valence-corrected chi connectivity index (χ0v) is 26.4. The van der Waals surface area contributed by atoms with Gasteiger partial charge >= 0.3 is 6.03 Å². The number of rotatable bonds is 10. The average molecular weight is 589 g/mol. The number of pyridine rings is 1. The minimum atomic E-state index is -0.702. The molecule has 3 amide bonds. The molecular weight excluding hydrogens is 540 g/mol. The van der Waals surface area contributed by atoms with Crippen molar-refractivity contribution in [1.82, 2.24) is 20.5 Å². The Morgan fingerprint density at radius 1 is 0.977 bits per heavy atom. The Morgan fingerprint density at radius 2 is 1.67 bits per heavy atom. The third kappa shape index (κ3) is 9.80. The molecule has 0 bridgehead atoms. The lowest BCUT2D eigenvalue weighted by Crippen LogP contribution is -2.51. The monoisotopic (exact) mass is 588 g/mol. The molecule has 232 valence electrons. The molecule has 0 spiro atoms. The summed E-state index contributed by atoms with van der Waals surface area (Å²) in [4.78, 5) is 42.4. The second kappa shape index (κ2) is 17.2. The zero-order valence-electron chi connectivity index (χ0n) is 26.4. The van der Waals surface area contributed by atoms with E-state index in [0.717, 1.165) is 85.9 Å². The van der Waals surface area contributed by atoms with Crippen LogP contribution in [0, 0.1) is 0 Å². The largest absolute Gasteiger partial charge is 0.496 e. The summed E-state index contributed by atoms with van der Waals surface area (Å²) >= 11 is 0. The summed E-state index contributed by atoms with van der Waals surface area (Å²) in [6.45, 7) is 9.58. The zero-order chi connectivity index (χ0) is 31.2. The van der Waals surface area contributed by atoms with Crippen molar-refractivity contribution in [2.24, 2.45) is 0 Å². The molecule has 1 unspecified atom stereocenters. The van der Waals surface area contributed by atoms with Gasteiger partial charge in [0.05, 0.1) is 24.4 Å². The number of Topliss-reactive ketones (excluding diaryl/α,β-unsaturated/α-hetero) is 1. The Morgan fingerprint density at radius 3 is 2.28 bits per heavy atom. The molecule has 1 aromatic heterocycles. The van der Waals surface area contributed by atoms with Crippen LogP contribution in [0.5, 0.6) is 5.75 Å². The van der Waals surface area contributed by atoms with Gasteiger partial charge in [-0.15, -0.1) is 0 Å². The Bertz CT molecular complexity index is 1330. The van der Waals surface area contributed by atoms with E-state index in [1.54, 1.807) is 12.0 Å². The Balaban J connectivity index is 0.000000223. The first-order valence-electron chi connectivity index (χ1n) is 15.9. The molecule has 2 aliphatic rings. The summed E-state index contributed by atoms with van der Waals surface area (Å²) in [5.41, 5.74) is 4.39. The van der Waals surface area contributed by atoms with Crippen LogP contribution in [0.2, 0.25) is 0 Å². The quantitative estimate of drug-likeness (QED) is 0.257. The third-order valence-electron chi connectivity index (χ3n) is 7.39. The number of aromatic nitrogens is 1. The third-order valence-corrected chi connectivity index (χ3v) is 7.39. The molecule has 43 heavy (non-hydrogen) atoms. The van der Waals surface area contributed by atoms with E-state index >= 15 is 0 Å². The molecule has 2 aromatic carbocycles. The van der Waals surface area contributed by atoms with Gasteiger partial charge in [0.1, 0.15) is 5.75 Å². The maximum atomic E-state index is 12.1. The number of fused-ring (bicyclic) bond motifs is 1.